The van der Waals surface area contributed by atoms with Crippen LogP contribution in [0, 0.1) is 6.92 Å². The number of aromatic nitrogens is 3. The molecule has 34 heavy (non-hydrogen) atoms. The van der Waals surface area contributed by atoms with Crippen LogP contribution in [0.25, 0.3) is 11.3 Å². The molecule has 4 rings (SSSR count). The second kappa shape index (κ2) is 10.3. The van der Waals surface area contributed by atoms with Crippen LogP contribution in [0.4, 0.5) is 5.95 Å². The van der Waals surface area contributed by atoms with Crippen LogP contribution in [0.1, 0.15) is 65.8 Å². The highest BCUT2D eigenvalue weighted by Crippen LogP contribution is 2.28. The molecule has 0 radical (unpaired) electrons. The predicted octanol–water partition coefficient (Wildman–Crippen LogP) is 5.53. The molecule has 1 aliphatic rings. The number of nitrogens with zero attached hydrogens (tertiary/aromatic N) is 4. The van der Waals surface area contributed by atoms with Crippen LogP contribution in [0.3, 0.4) is 0 Å². The molecule has 0 bridgehead atoms. The van der Waals surface area contributed by atoms with E-state index in [1.165, 1.54) is 22.5 Å². The SMILES string of the molecule is Cc1cc(-c2ccnc(NC3CCN(C)CC3)n2)ccc1CCC(=O)c1cnc(C(C)(C)C)s1. The van der Waals surface area contributed by atoms with Gasteiger partial charge in [-0.3, -0.25) is 4.79 Å². The van der Waals surface area contributed by atoms with Gasteiger partial charge in [0, 0.05) is 35.8 Å². The van der Waals surface area contributed by atoms with Crippen molar-refractivity contribution in [1.82, 2.24) is 19.9 Å². The molecule has 3 heterocycles. The largest absolute Gasteiger partial charge is 0.351 e. The molecule has 0 atom stereocenters. The highest BCUT2D eigenvalue weighted by Gasteiger charge is 2.20. The summed E-state index contributed by atoms with van der Waals surface area (Å²) in [7, 11) is 2.16. The van der Waals surface area contributed by atoms with E-state index in [0.29, 0.717) is 18.4 Å². The average Bonchev–Trinajstić information content (AvgIpc) is 3.31. The highest BCUT2D eigenvalue weighted by atomic mass is 32.1. The first-order valence-electron chi connectivity index (χ1n) is 12.1. The van der Waals surface area contributed by atoms with Gasteiger partial charge in [0.2, 0.25) is 5.95 Å². The Morgan fingerprint density at radius 2 is 1.94 bits per heavy atom. The van der Waals surface area contributed by atoms with Crippen molar-refractivity contribution in [2.24, 2.45) is 0 Å². The van der Waals surface area contributed by atoms with Crippen molar-refractivity contribution in [3.8, 4) is 11.3 Å². The molecule has 180 valence electrons. The van der Waals surface area contributed by atoms with E-state index in [0.717, 1.165) is 53.5 Å². The number of benzene rings is 1. The van der Waals surface area contributed by atoms with Crippen molar-refractivity contribution in [3.05, 3.63) is 57.7 Å². The van der Waals surface area contributed by atoms with Gasteiger partial charge in [-0.25, -0.2) is 15.0 Å². The minimum Gasteiger partial charge on any atom is -0.351 e. The van der Waals surface area contributed by atoms with Crippen molar-refractivity contribution in [2.75, 3.05) is 25.5 Å². The van der Waals surface area contributed by atoms with E-state index < -0.39 is 0 Å². The van der Waals surface area contributed by atoms with Crippen molar-refractivity contribution in [2.45, 2.75) is 64.8 Å². The van der Waals surface area contributed by atoms with Gasteiger partial charge in [0.25, 0.3) is 0 Å². The molecule has 1 aromatic carbocycles. The summed E-state index contributed by atoms with van der Waals surface area (Å²) in [6, 6.07) is 8.75. The fraction of sp³-hybridized carbons (Fsp3) is 0.481. The van der Waals surface area contributed by atoms with Gasteiger partial charge in [0.05, 0.1) is 15.6 Å². The molecule has 1 saturated heterocycles. The van der Waals surface area contributed by atoms with Gasteiger partial charge < -0.3 is 10.2 Å². The predicted molar refractivity (Wildman–Crippen MR) is 140 cm³/mol. The second-order valence-corrected chi connectivity index (χ2v) is 11.4. The van der Waals surface area contributed by atoms with E-state index in [2.05, 4.69) is 73.1 Å². The summed E-state index contributed by atoms with van der Waals surface area (Å²) >= 11 is 1.52. The molecule has 3 aromatic rings. The third-order valence-corrected chi connectivity index (χ3v) is 7.85. The van der Waals surface area contributed by atoms with Gasteiger partial charge in [-0.15, -0.1) is 11.3 Å². The van der Waals surface area contributed by atoms with E-state index >= 15 is 0 Å². The number of piperidine rings is 1. The number of aryl methyl sites for hydroxylation is 2. The Morgan fingerprint density at radius 3 is 2.62 bits per heavy atom. The Kier molecular flexibility index (Phi) is 7.43. The standard InChI is InChI=1S/C27H35N5OS/c1-18-16-20(22-10-13-28-26(31-22)30-21-11-14-32(5)15-12-21)7-6-19(18)8-9-23(33)24-17-29-25(34-24)27(2,3)4/h6-7,10,13,16-17,21H,8-9,11-12,14-15H2,1-5H3,(H,28,30,31). The number of anilines is 1. The Balaban J connectivity index is 1.39. The van der Waals surface area contributed by atoms with Crippen LogP contribution < -0.4 is 5.32 Å². The lowest BCUT2D eigenvalue weighted by Crippen LogP contribution is -2.37. The quantitative estimate of drug-likeness (QED) is 0.451. The van der Waals surface area contributed by atoms with Gasteiger partial charge in [-0.05, 0) is 69.6 Å². The Labute approximate surface area is 206 Å². The highest BCUT2D eigenvalue weighted by molar-refractivity contribution is 7.13. The van der Waals surface area contributed by atoms with Gasteiger partial charge in [0.1, 0.15) is 0 Å². The molecule has 0 aliphatic carbocycles. The van der Waals surface area contributed by atoms with E-state index in [1.807, 2.05) is 12.3 Å². The molecule has 0 unspecified atom stereocenters. The topological polar surface area (TPSA) is 71.0 Å². The Morgan fingerprint density at radius 1 is 1.18 bits per heavy atom. The van der Waals surface area contributed by atoms with Gasteiger partial charge >= 0.3 is 0 Å². The molecule has 0 saturated carbocycles. The number of carbonyl (C=O) groups excluding carboxylic acids is 1. The summed E-state index contributed by atoms with van der Waals surface area (Å²) in [6.07, 6.45) is 6.98. The summed E-state index contributed by atoms with van der Waals surface area (Å²) < 4.78 is 0. The fourth-order valence-electron chi connectivity index (χ4n) is 4.18. The number of nitrogens with one attached hydrogen (secondary N) is 1. The lowest BCUT2D eigenvalue weighted by molar-refractivity contribution is 0.0986. The zero-order chi connectivity index (χ0) is 24.3. The molecule has 0 amide bonds. The van der Waals surface area contributed by atoms with Crippen LogP contribution in [-0.4, -0.2) is 51.8 Å². The molecule has 1 N–H and O–H groups in total. The minimum absolute atomic E-state index is 0.0287. The number of thiazole rings is 1. The molecule has 2 aromatic heterocycles. The Hall–Kier alpha value is -2.64. The normalized spacial score (nSPS) is 15.4. The molecular weight excluding hydrogens is 442 g/mol. The van der Waals surface area contributed by atoms with Crippen LogP contribution in [0.5, 0.6) is 0 Å². The van der Waals surface area contributed by atoms with Crippen LogP contribution in [-0.2, 0) is 11.8 Å². The number of hydrogen-bond donors (Lipinski definition) is 1. The first kappa shape index (κ1) is 24.5. The van der Waals surface area contributed by atoms with Gasteiger partial charge in [-0.2, -0.15) is 0 Å². The van der Waals surface area contributed by atoms with E-state index in [4.69, 9.17) is 4.98 Å². The van der Waals surface area contributed by atoms with Crippen molar-refractivity contribution in [3.63, 3.8) is 0 Å². The maximum atomic E-state index is 12.7. The lowest BCUT2D eigenvalue weighted by Gasteiger charge is -2.29. The van der Waals surface area contributed by atoms with Crippen molar-refractivity contribution < 1.29 is 4.79 Å². The number of ketones is 1. The van der Waals surface area contributed by atoms with Crippen LogP contribution in [0.15, 0.2) is 36.7 Å². The minimum atomic E-state index is -0.0287. The van der Waals surface area contributed by atoms with E-state index in [9.17, 15) is 4.79 Å². The van der Waals surface area contributed by atoms with Crippen LogP contribution >= 0.6 is 11.3 Å². The Bertz CT molecular complexity index is 1140. The molecule has 7 heteroatoms. The summed E-state index contributed by atoms with van der Waals surface area (Å²) in [5, 5.41) is 4.51. The first-order valence-corrected chi connectivity index (χ1v) is 12.9. The van der Waals surface area contributed by atoms with Gasteiger partial charge in [-0.1, -0.05) is 32.9 Å². The molecular formula is C27H35N5OS. The number of hydrogen-bond acceptors (Lipinski definition) is 7. The average molecular weight is 478 g/mol. The number of rotatable bonds is 7. The zero-order valence-electron chi connectivity index (χ0n) is 20.9. The molecule has 1 fully saturated rings. The summed E-state index contributed by atoms with van der Waals surface area (Å²) in [6.45, 7) is 10.7. The molecule has 6 nitrogen and oxygen atoms in total. The monoisotopic (exact) mass is 477 g/mol. The van der Waals surface area contributed by atoms with E-state index in [1.54, 1.807) is 6.20 Å². The maximum Gasteiger partial charge on any atom is 0.223 e. The zero-order valence-corrected chi connectivity index (χ0v) is 21.7. The summed E-state index contributed by atoms with van der Waals surface area (Å²) in [5.74, 6) is 0.857. The third-order valence-electron chi connectivity index (χ3n) is 6.39. The second-order valence-electron chi connectivity index (χ2n) is 10.3. The number of likely N-dealkylation sites (tertiary alicyclic amines) is 1. The van der Waals surface area contributed by atoms with Gasteiger partial charge in [0.15, 0.2) is 5.78 Å². The van der Waals surface area contributed by atoms with E-state index in [-0.39, 0.29) is 11.2 Å². The molecule has 0 spiro atoms. The summed E-state index contributed by atoms with van der Waals surface area (Å²) in [4.78, 5) is 29.5. The fourth-order valence-corrected chi connectivity index (χ4v) is 5.12. The number of carbonyl (C=O) groups is 1. The third kappa shape index (κ3) is 6.07. The first-order chi connectivity index (χ1) is 16.2. The summed E-state index contributed by atoms with van der Waals surface area (Å²) in [5.41, 5.74) is 4.32. The lowest BCUT2D eigenvalue weighted by atomic mass is 9.98. The number of Topliss-reactive ketones (excluding diaryl/α,β-unsaturated/α-hetero) is 1. The van der Waals surface area contributed by atoms with Crippen LogP contribution in [0.2, 0.25) is 0 Å². The van der Waals surface area contributed by atoms with Crippen molar-refractivity contribution >= 4 is 23.1 Å². The maximum absolute atomic E-state index is 12.7. The smallest absolute Gasteiger partial charge is 0.223 e. The molecule has 1 aliphatic heterocycles. The van der Waals surface area contributed by atoms with Crippen molar-refractivity contribution in [1.29, 1.82) is 0 Å².